The first-order chi connectivity index (χ1) is 11.0. The van der Waals surface area contributed by atoms with Gasteiger partial charge in [-0.25, -0.2) is 0 Å². The van der Waals surface area contributed by atoms with E-state index in [4.69, 9.17) is 4.74 Å². The van der Waals surface area contributed by atoms with Gasteiger partial charge in [0.2, 0.25) is 0 Å². The van der Waals surface area contributed by atoms with Gasteiger partial charge in [0, 0.05) is 24.6 Å². The average molecular weight is 329 g/mol. The van der Waals surface area contributed by atoms with E-state index in [1.54, 1.807) is 19.1 Å². The quantitative estimate of drug-likeness (QED) is 0.768. The second-order valence-electron chi connectivity index (χ2n) is 6.23. The van der Waals surface area contributed by atoms with Crippen molar-refractivity contribution in [2.24, 2.45) is 5.41 Å². The molecule has 130 valence electrons. The van der Waals surface area contributed by atoms with Gasteiger partial charge in [0.25, 0.3) is 0 Å². The highest BCUT2D eigenvalue weighted by Crippen LogP contribution is 2.37. The molecule has 2 unspecified atom stereocenters. The monoisotopic (exact) mass is 329 g/mol. The summed E-state index contributed by atoms with van der Waals surface area (Å²) in [6.45, 7) is 2.14. The topological polar surface area (TPSA) is 50.7 Å². The molecule has 0 saturated heterocycles. The molecule has 1 aliphatic rings. The molecule has 1 saturated carbocycles. The first-order valence-corrected chi connectivity index (χ1v) is 8.03. The molecule has 0 amide bonds. The smallest absolute Gasteiger partial charge is 0.387 e. The Morgan fingerprint density at radius 2 is 2.17 bits per heavy atom. The summed E-state index contributed by atoms with van der Waals surface area (Å²) in [5, 5.41) is 13.0. The summed E-state index contributed by atoms with van der Waals surface area (Å²) in [6.07, 6.45) is 3.13. The van der Waals surface area contributed by atoms with Crippen LogP contribution in [-0.2, 0) is 6.54 Å². The van der Waals surface area contributed by atoms with Gasteiger partial charge < -0.3 is 19.9 Å². The van der Waals surface area contributed by atoms with Crippen LogP contribution in [0.5, 0.6) is 11.5 Å². The highest BCUT2D eigenvalue weighted by atomic mass is 19.3. The lowest BCUT2D eigenvalue weighted by molar-refractivity contribution is -0.0514. The van der Waals surface area contributed by atoms with E-state index in [9.17, 15) is 13.9 Å². The van der Waals surface area contributed by atoms with Crippen LogP contribution in [0.1, 0.15) is 38.7 Å². The van der Waals surface area contributed by atoms with Crippen LogP contribution in [0.3, 0.4) is 0 Å². The van der Waals surface area contributed by atoms with Gasteiger partial charge in [-0.05, 0) is 37.5 Å². The number of ether oxygens (including phenoxy) is 2. The van der Waals surface area contributed by atoms with Crippen molar-refractivity contribution in [3.8, 4) is 11.5 Å². The molecule has 0 aromatic heterocycles. The summed E-state index contributed by atoms with van der Waals surface area (Å²) in [7, 11) is 0. The maximum atomic E-state index is 12.4. The summed E-state index contributed by atoms with van der Waals surface area (Å²) < 4.78 is 34.7. The molecule has 2 rings (SSSR count). The Kier molecular flexibility index (Phi) is 6.18. The van der Waals surface area contributed by atoms with Gasteiger partial charge in [-0.2, -0.15) is 8.78 Å². The predicted molar refractivity (Wildman–Crippen MR) is 83.9 cm³/mol. The third kappa shape index (κ3) is 4.54. The van der Waals surface area contributed by atoms with Crippen LogP contribution in [0, 0.1) is 5.41 Å². The molecule has 0 heterocycles. The molecule has 1 aliphatic carbocycles. The van der Waals surface area contributed by atoms with E-state index in [0.717, 1.165) is 24.8 Å². The Labute approximate surface area is 135 Å². The van der Waals surface area contributed by atoms with Gasteiger partial charge in [0.15, 0.2) is 11.5 Å². The van der Waals surface area contributed by atoms with Gasteiger partial charge in [-0.3, -0.25) is 0 Å². The van der Waals surface area contributed by atoms with Crippen molar-refractivity contribution in [1.82, 2.24) is 5.32 Å². The van der Waals surface area contributed by atoms with E-state index in [1.807, 2.05) is 0 Å². The fourth-order valence-electron chi connectivity index (χ4n) is 3.14. The molecule has 1 fully saturated rings. The number of alkyl halides is 2. The summed E-state index contributed by atoms with van der Waals surface area (Å²) in [4.78, 5) is 0. The van der Waals surface area contributed by atoms with Gasteiger partial charge in [0.05, 0.1) is 6.61 Å². The van der Waals surface area contributed by atoms with Crippen molar-refractivity contribution in [1.29, 1.82) is 0 Å². The van der Waals surface area contributed by atoms with Crippen molar-refractivity contribution in [3.63, 3.8) is 0 Å². The van der Waals surface area contributed by atoms with Crippen LogP contribution in [-0.4, -0.2) is 31.0 Å². The molecular weight excluding hydrogens is 304 g/mol. The van der Waals surface area contributed by atoms with E-state index in [0.29, 0.717) is 18.9 Å². The lowest BCUT2D eigenvalue weighted by Gasteiger charge is -2.30. The molecule has 2 atom stereocenters. The minimum absolute atomic E-state index is 0.0478. The zero-order valence-corrected chi connectivity index (χ0v) is 13.6. The van der Waals surface area contributed by atoms with Crippen LogP contribution in [0.2, 0.25) is 0 Å². The molecule has 0 aliphatic heterocycles. The second-order valence-corrected chi connectivity index (χ2v) is 6.23. The van der Waals surface area contributed by atoms with Crippen LogP contribution in [0.15, 0.2) is 18.2 Å². The first kappa shape index (κ1) is 17.9. The summed E-state index contributed by atoms with van der Waals surface area (Å²) in [6, 6.07) is 5.23. The van der Waals surface area contributed by atoms with Gasteiger partial charge in [0.1, 0.15) is 0 Å². The fourth-order valence-corrected chi connectivity index (χ4v) is 3.14. The maximum absolute atomic E-state index is 12.4. The normalized spacial score (nSPS) is 24.2. The molecule has 23 heavy (non-hydrogen) atoms. The minimum atomic E-state index is -2.87. The Morgan fingerprint density at radius 3 is 2.83 bits per heavy atom. The molecule has 4 nitrogen and oxygen atoms in total. The first-order valence-electron chi connectivity index (χ1n) is 8.03. The second kappa shape index (κ2) is 7.93. The van der Waals surface area contributed by atoms with E-state index in [-0.39, 0.29) is 23.8 Å². The Morgan fingerprint density at radius 1 is 1.39 bits per heavy atom. The van der Waals surface area contributed by atoms with Crippen molar-refractivity contribution in [3.05, 3.63) is 23.8 Å². The minimum Gasteiger partial charge on any atom is -0.490 e. The molecular formula is C17H25F2NO3. The zero-order chi connectivity index (χ0) is 16.9. The predicted octanol–water partition coefficient (Wildman–Crippen LogP) is 3.33. The molecule has 2 N–H and O–H groups in total. The number of aliphatic hydroxyl groups is 1. The fraction of sp³-hybridized carbons (Fsp3) is 0.647. The molecule has 1 aromatic rings. The molecule has 0 spiro atoms. The Balaban J connectivity index is 2.04. The van der Waals surface area contributed by atoms with Gasteiger partial charge in [-0.15, -0.1) is 0 Å². The maximum Gasteiger partial charge on any atom is 0.387 e. The average Bonchev–Trinajstić information content (AvgIpc) is 2.89. The largest absolute Gasteiger partial charge is 0.490 e. The highest BCUT2D eigenvalue weighted by molar-refractivity contribution is 5.43. The highest BCUT2D eigenvalue weighted by Gasteiger charge is 2.37. The van der Waals surface area contributed by atoms with Crippen molar-refractivity contribution < 1.29 is 23.4 Å². The number of hydrogen-bond donors (Lipinski definition) is 2. The molecule has 0 radical (unpaired) electrons. The lowest BCUT2D eigenvalue weighted by Crippen LogP contribution is -2.41. The standard InChI is InChI=1S/C17H25F2NO3/c1-3-22-14-9-12(6-7-13(14)23-16(18)19)10-20-15-5-4-8-17(15,2)11-21/h6-7,9,15-16,20-21H,3-5,8,10-11H2,1-2H3. The lowest BCUT2D eigenvalue weighted by atomic mass is 9.86. The zero-order valence-electron chi connectivity index (χ0n) is 13.6. The summed E-state index contributed by atoms with van der Waals surface area (Å²) >= 11 is 0. The number of halogens is 2. The van der Waals surface area contributed by atoms with Gasteiger partial charge >= 0.3 is 6.61 Å². The molecule has 0 bridgehead atoms. The SMILES string of the molecule is CCOc1cc(CNC2CCCC2(C)CO)ccc1OC(F)F. The third-order valence-corrected chi connectivity index (χ3v) is 4.52. The number of nitrogens with one attached hydrogen (secondary N) is 1. The Hall–Kier alpha value is -1.40. The van der Waals surface area contributed by atoms with E-state index >= 15 is 0 Å². The van der Waals surface area contributed by atoms with Gasteiger partial charge in [-0.1, -0.05) is 19.4 Å². The van der Waals surface area contributed by atoms with E-state index < -0.39 is 6.61 Å². The number of rotatable bonds is 8. The number of hydrogen-bond acceptors (Lipinski definition) is 4. The Bertz CT molecular complexity index is 513. The third-order valence-electron chi connectivity index (χ3n) is 4.52. The van der Waals surface area contributed by atoms with Crippen molar-refractivity contribution >= 4 is 0 Å². The number of benzene rings is 1. The molecule has 1 aromatic carbocycles. The number of aliphatic hydroxyl groups excluding tert-OH is 1. The van der Waals surface area contributed by atoms with Crippen molar-refractivity contribution in [2.45, 2.75) is 52.3 Å². The summed E-state index contributed by atoms with van der Waals surface area (Å²) in [5.41, 5.74) is 0.837. The van der Waals surface area contributed by atoms with E-state index in [1.165, 1.54) is 6.07 Å². The van der Waals surface area contributed by atoms with Crippen LogP contribution >= 0.6 is 0 Å². The summed E-state index contributed by atoms with van der Waals surface area (Å²) in [5.74, 6) is 0.370. The van der Waals surface area contributed by atoms with Crippen LogP contribution in [0.4, 0.5) is 8.78 Å². The van der Waals surface area contributed by atoms with E-state index in [2.05, 4.69) is 17.0 Å². The molecule has 6 heteroatoms. The van der Waals surface area contributed by atoms with Crippen molar-refractivity contribution in [2.75, 3.05) is 13.2 Å². The van der Waals surface area contributed by atoms with Crippen LogP contribution < -0.4 is 14.8 Å². The van der Waals surface area contributed by atoms with Crippen LogP contribution in [0.25, 0.3) is 0 Å².